The number of aromatic nitrogens is 8. The van der Waals surface area contributed by atoms with Crippen molar-refractivity contribution in [2.24, 2.45) is 0 Å². The van der Waals surface area contributed by atoms with E-state index in [1.165, 1.54) is 115 Å². The Morgan fingerprint density at radius 1 is 0.276 bits per heavy atom. The molecular formula is C84H71F5N12S4. The molecule has 105 heavy (non-hydrogen) atoms. The quantitative estimate of drug-likeness (QED) is 0.0863. The molecule has 0 saturated heterocycles. The number of benzene rings is 8. The lowest BCUT2D eigenvalue weighted by atomic mass is 9.91. The molecule has 0 fully saturated rings. The summed E-state index contributed by atoms with van der Waals surface area (Å²) in [4.78, 5) is 30.1. The monoisotopic (exact) mass is 1470 g/mol. The lowest BCUT2D eigenvalue weighted by molar-refractivity contribution is 0.504. The van der Waals surface area contributed by atoms with E-state index in [1.807, 2.05) is 75.1 Å². The maximum absolute atomic E-state index is 14.6. The first-order valence-electron chi connectivity index (χ1n) is 35.7. The molecule has 0 saturated carbocycles. The number of anilines is 4. The van der Waals surface area contributed by atoms with E-state index >= 15 is 0 Å². The Kier molecular flexibility index (Phi) is 18.6. The largest absolute Gasteiger partial charge is 0.335 e. The van der Waals surface area contributed by atoms with Gasteiger partial charge in [0.05, 0.1) is 69.4 Å². The van der Waals surface area contributed by atoms with Crippen LogP contribution in [-0.2, 0) is 51.4 Å². The molecule has 0 amide bonds. The maximum Gasteiger partial charge on any atom is 0.159 e. The fourth-order valence-electron chi connectivity index (χ4n) is 17.1. The minimum atomic E-state index is -0.837. The van der Waals surface area contributed by atoms with Crippen molar-refractivity contribution in [1.82, 2.24) is 38.2 Å². The number of rotatable bonds is 12. The van der Waals surface area contributed by atoms with Crippen molar-refractivity contribution in [1.29, 1.82) is 0 Å². The van der Waals surface area contributed by atoms with Crippen molar-refractivity contribution in [3.05, 3.63) is 333 Å². The van der Waals surface area contributed by atoms with Crippen LogP contribution in [0.15, 0.2) is 214 Å². The normalized spacial score (nSPS) is 16.6. The lowest BCUT2D eigenvalue weighted by Crippen LogP contribution is -2.31. The summed E-state index contributed by atoms with van der Waals surface area (Å²) in [6, 6.07) is 42.1. The molecule has 0 aliphatic carbocycles. The zero-order valence-electron chi connectivity index (χ0n) is 57.2. The summed E-state index contributed by atoms with van der Waals surface area (Å²) in [5.74, 6) is -2.30. The van der Waals surface area contributed by atoms with Gasteiger partial charge >= 0.3 is 0 Å². The molecule has 12 heterocycles. The van der Waals surface area contributed by atoms with E-state index < -0.39 is 11.6 Å². The van der Waals surface area contributed by atoms with Gasteiger partial charge in [-0.25, -0.2) is 41.9 Å². The van der Waals surface area contributed by atoms with Crippen LogP contribution in [0.1, 0.15) is 139 Å². The number of halogens is 5. The molecule has 12 aromatic rings. The maximum atomic E-state index is 14.6. The van der Waals surface area contributed by atoms with Gasteiger partial charge in [-0.05, 0) is 177 Å². The van der Waals surface area contributed by atoms with Crippen molar-refractivity contribution in [2.75, 3.05) is 45.8 Å². The third kappa shape index (κ3) is 13.1. The smallest absolute Gasteiger partial charge is 0.159 e. The molecule has 8 aromatic carbocycles. The van der Waals surface area contributed by atoms with Gasteiger partial charge in [-0.2, -0.15) is 0 Å². The molecule has 8 aliphatic heterocycles. The Balaban J connectivity index is 0.000000103. The SMILES string of the molecule is Fc1ccc(C(c2cc3c4c(c2)CCN4C(=S)CC3)n2ccnc2)cc1.Fc1ccc(C(c2cc3c4c(c2)CCN4C(=S)CC3)n2ccnc2)cc1F.Fc1cccc(C(c2cc3c4c(c2)CCN4C(=S)CC3)n2ccnc2)c1.Fc1ccccc1C(c1cc2c3c(c1)CCN3C(=S)CC2)n1ccnc1. The first-order valence-corrected chi connectivity index (χ1v) is 37.3. The van der Waals surface area contributed by atoms with Crippen LogP contribution in [0.3, 0.4) is 0 Å². The second-order valence-electron chi connectivity index (χ2n) is 27.9. The van der Waals surface area contributed by atoms with Crippen LogP contribution in [0, 0.1) is 29.1 Å². The average Bonchev–Trinajstić information content (AvgIpc) is 1.69. The summed E-state index contributed by atoms with van der Waals surface area (Å²) in [6.07, 6.45) is 33.2. The highest BCUT2D eigenvalue weighted by atomic mass is 32.1. The minimum absolute atomic E-state index is 0.0115. The fourth-order valence-corrected chi connectivity index (χ4v) is 18.2. The van der Waals surface area contributed by atoms with Crippen LogP contribution in [-0.4, -0.2) is 84.3 Å². The highest BCUT2D eigenvalue weighted by Gasteiger charge is 2.36. The Hall–Kier alpha value is -10.2. The summed E-state index contributed by atoms with van der Waals surface area (Å²) in [7, 11) is 0. The van der Waals surface area contributed by atoms with E-state index in [-0.39, 0.29) is 41.6 Å². The van der Waals surface area contributed by atoms with Gasteiger partial charge in [0.15, 0.2) is 11.6 Å². The van der Waals surface area contributed by atoms with Crippen molar-refractivity contribution < 1.29 is 22.0 Å². The van der Waals surface area contributed by atoms with Gasteiger partial charge in [0, 0.05) is 130 Å². The molecule has 0 bridgehead atoms. The summed E-state index contributed by atoms with van der Waals surface area (Å²) < 4.78 is 77.5. The first-order chi connectivity index (χ1) is 51.2. The van der Waals surface area contributed by atoms with Gasteiger partial charge in [0.25, 0.3) is 0 Å². The Morgan fingerprint density at radius 3 is 0.981 bits per heavy atom. The van der Waals surface area contributed by atoms with Crippen LogP contribution >= 0.6 is 48.9 Å². The van der Waals surface area contributed by atoms with E-state index in [0.29, 0.717) is 11.1 Å². The first kappa shape index (κ1) is 68.0. The van der Waals surface area contributed by atoms with Crippen LogP contribution in [0.25, 0.3) is 0 Å². The molecule has 21 heteroatoms. The molecular weight excluding hydrogens is 1400 g/mol. The molecule has 0 radical (unpaired) electrons. The predicted octanol–water partition coefficient (Wildman–Crippen LogP) is 17.3. The zero-order chi connectivity index (χ0) is 71.6. The van der Waals surface area contributed by atoms with E-state index in [1.54, 1.807) is 68.0 Å². The van der Waals surface area contributed by atoms with E-state index in [4.69, 9.17) is 48.9 Å². The van der Waals surface area contributed by atoms with Crippen LogP contribution in [0.5, 0.6) is 0 Å². The van der Waals surface area contributed by atoms with Crippen molar-refractivity contribution in [3.8, 4) is 0 Å². The van der Waals surface area contributed by atoms with Crippen molar-refractivity contribution >= 4 is 91.6 Å². The van der Waals surface area contributed by atoms with Gasteiger partial charge in [-0.1, -0.05) is 146 Å². The number of aryl methyl sites for hydroxylation is 4. The van der Waals surface area contributed by atoms with Gasteiger partial charge in [-0.15, -0.1) is 0 Å². The molecule has 0 N–H and O–H groups in total. The van der Waals surface area contributed by atoms with Crippen LogP contribution in [0.4, 0.5) is 44.7 Å². The second-order valence-corrected chi connectivity index (χ2v) is 29.8. The molecule has 0 spiro atoms. The molecule has 526 valence electrons. The Morgan fingerprint density at radius 2 is 0.619 bits per heavy atom. The number of thiocarbonyl (C=S) groups is 4. The molecule has 4 aromatic heterocycles. The number of hydrogen-bond donors (Lipinski definition) is 0. The van der Waals surface area contributed by atoms with Crippen LogP contribution < -0.4 is 19.6 Å². The minimum Gasteiger partial charge on any atom is -0.335 e. The van der Waals surface area contributed by atoms with Gasteiger partial charge in [-0.3, -0.25) is 0 Å². The van der Waals surface area contributed by atoms with E-state index in [2.05, 4.69) is 92.6 Å². The van der Waals surface area contributed by atoms with Crippen molar-refractivity contribution in [3.63, 3.8) is 0 Å². The molecule has 4 atom stereocenters. The third-order valence-corrected chi connectivity index (χ3v) is 23.4. The Bertz CT molecular complexity index is 5340. The summed E-state index contributed by atoms with van der Waals surface area (Å²) in [5.41, 5.74) is 23.7. The zero-order valence-corrected chi connectivity index (χ0v) is 60.5. The lowest BCUT2D eigenvalue weighted by Gasteiger charge is -2.29. The van der Waals surface area contributed by atoms with Gasteiger partial charge < -0.3 is 37.9 Å². The summed E-state index contributed by atoms with van der Waals surface area (Å²) in [5, 5.41) is 0. The second kappa shape index (κ2) is 28.7. The molecule has 8 aliphatic rings. The average molecular weight is 1470 g/mol. The van der Waals surface area contributed by atoms with Crippen LogP contribution in [0.2, 0.25) is 0 Å². The standard InChI is InChI=1S/C21H17F2N3S.3C21H18FN3S/c22-17-3-1-14(11-18(17)23)20(25-8-6-24-12-25)16-9-13-2-4-19(27)26-7-5-15(10-16)21(13)26;22-18-4-1-14(2-5-18)20(24-10-8-23-13-24)17-11-15-3-6-19(26)25-9-7-16(12-17)21(15)25;22-18-3-1-2-14(12-18)20(24-9-7-23-13-24)17-10-15-4-5-19(26)25-8-6-16(11-17)21(15)25;22-18-4-2-1-3-17(18)21(24-10-8-23-13-24)16-11-14-5-6-19(26)25-9-7-15(12-16)20(14)25/h1,3,6,8-12,20H,2,4-5,7H2;1-2,4-5,8,10-13,20H,3,6-7,9H2;1-3,7,9-13,20H,4-6,8H2;1-4,8,10-13,21H,5-7,9H2. The number of hydrogen-bond acceptors (Lipinski definition) is 8. The fraction of sp³-hybridized carbons (Fsp3) is 0.238. The van der Waals surface area contributed by atoms with Gasteiger partial charge in [0.2, 0.25) is 0 Å². The molecule has 20 rings (SSSR count). The predicted molar refractivity (Wildman–Crippen MR) is 417 cm³/mol. The molecule has 4 unspecified atom stereocenters. The number of imidazole rings is 4. The highest BCUT2D eigenvalue weighted by Crippen LogP contribution is 2.46. The third-order valence-electron chi connectivity index (χ3n) is 21.7. The van der Waals surface area contributed by atoms with E-state index in [9.17, 15) is 22.0 Å². The topological polar surface area (TPSA) is 84.2 Å². The highest BCUT2D eigenvalue weighted by molar-refractivity contribution is 7.81. The van der Waals surface area contributed by atoms with Gasteiger partial charge in [0.1, 0.15) is 17.5 Å². The summed E-state index contributed by atoms with van der Waals surface area (Å²) in [6.45, 7) is 3.84. The summed E-state index contributed by atoms with van der Waals surface area (Å²) >= 11 is 22.2. The Labute approximate surface area is 627 Å². The number of nitrogens with zero attached hydrogens (tertiary/aromatic N) is 12. The van der Waals surface area contributed by atoms with Crippen molar-refractivity contribution in [2.45, 2.75) is 101 Å². The molecule has 12 nitrogen and oxygen atoms in total. The van der Waals surface area contributed by atoms with E-state index in [0.717, 1.165) is 145 Å².